The Morgan fingerprint density at radius 2 is 0.658 bits per heavy atom. The van der Waals surface area contributed by atoms with E-state index in [-0.39, 0.29) is 22.2 Å². The molecule has 0 saturated heterocycles. The van der Waals surface area contributed by atoms with Crippen LogP contribution in [0.2, 0.25) is 10.0 Å². The molecule has 12 aromatic heterocycles. The van der Waals surface area contributed by atoms with Crippen LogP contribution >= 0.6 is 23.2 Å². The maximum Gasteiger partial charge on any atom is 0.417 e. The van der Waals surface area contributed by atoms with Gasteiger partial charge in [0.15, 0.2) is 0 Å². The fraction of sp³-hybridized carbons (Fsp3) is 0.226. The summed E-state index contributed by atoms with van der Waals surface area (Å²) in [5.41, 5.74) is 20.9. The van der Waals surface area contributed by atoms with Gasteiger partial charge in [0, 0.05) is 214 Å². The van der Waals surface area contributed by atoms with Gasteiger partial charge in [-0.25, -0.2) is 0 Å². The maximum absolute atomic E-state index is 12.8. The number of hydrogen-bond acceptors (Lipinski definition) is 11. The van der Waals surface area contributed by atoms with Crippen molar-refractivity contribution < 1.29 is 26.3 Å². The third-order valence-corrected chi connectivity index (χ3v) is 24.0. The molecule has 15 heterocycles. The van der Waals surface area contributed by atoms with Gasteiger partial charge in [-0.15, -0.1) is 0 Å². The van der Waals surface area contributed by atoms with Crippen LogP contribution in [-0.4, -0.2) is 100 Å². The highest BCUT2D eigenvalue weighted by atomic mass is 35.5. The fourth-order valence-electron chi connectivity index (χ4n) is 17.2. The molecule has 1 N–H and O–H groups in total. The molecule has 3 aliphatic heterocycles. The van der Waals surface area contributed by atoms with Gasteiger partial charge in [-0.05, 0) is 196 Å². The number of likely N-dealkylation sites (N-methyl/N-ethyl adjacent to an activating group) is 2. The lowest BCUT2D eigenvalue weighted by atomic mass is 9.95. The van der Waals surface area contributed by atoms with E-state index >= 15 is 0 Å². The van der Waals surface area contributed by atoms with Gasteiger partial charge in [0.25, 0.3) is 22.2 Å². The zero-order valence-electron chi connectivity index (χ0n) is 66.4. The Bertz CT molecular complexity index is 6940. The van der Waals surface area contributed by atoms with Crippen molar-refractivity contribution in [1.29, 1.82) is 0 Å². The van der Waals surface area contributed by atoms with Crippen molar-refractivity contribution in [3.8, 4) is 67.8 Å². The summed E-state index contributed by atoms with van der Waals surface area (Å²) in [6.45, 7) is 5.85. The second-order valence-corrected chi connectivity index (χ2v) is 31.8. The van der Waals surface area contributed by atoms with Gasteiger partial charge in [0.1, 0.15) is 0 Å². The first kappa shape index (κ1) is 79.9. The van der Waals surface area contributed by atoms with Gasteiger partial charge in [0.05, 0.1) is 88.8 Å². The molecule has 1 aliphatic carbocycles. The number of aromatic nitrogens is 12. The third kappa shape index (κ3) is 15.6. The summed E-state index contributed by atoms with van der Waals surface area (Å²) < 4.78 is 91.9. The molecular weight excluding hydrogens is 1580 g/mol. The van der Waals surface area contributed by atoms with Crippen LogP contribution in [-0.2, 0) is 92.3 Å². The van der Waals surface area contributed by atoms with Crippen molar-refractivity contribution in [3.63, 3.8) is 0 Å². The van der Waals surface area contributed by atoms with Crippen molar-refractivity contribution in [2.45, 2.75) is 76.9 Å². The summed E-state index contributed by atoms with van der Waals surface area (Å²) in [4.78, 5) is 72.3. The lowest BCUT2D eigenvalue weighted by Crippen LogP contribution is -2.27. The van der Waals surface area contributed by atoms with Gasteiger partial charge in [0.2, 0.25) is 0 Å². The van der Waals surface area contributed by atoms with Crippen LogP contribution < -0.4 is 27.6 Å². The smallest absolute Gasteiger partial charge is 0.347 e. The minimum atomic E-state index is -4.45. The topological polar surface area (TPSA) is 178 Å². The number of fused-ring (bicyclic) bond motifs is 12. The number of hydrogen-bond donors (Lipinski definition) is 1. The summed E-state index contributed by atoms with van der Waals surface area (Å²) in [6.07, 6.45) is 10.4. The van der Waals surface area contributed by atoms with Crippen LogP contribution in [0.15, 0.2) is 239 Å². The van der Waals surface area contributed by atoms with Crippen LogP contribution in [0.4, 0.5) is 26.3 Å². The van der Waals surface area contributed by atoms with Gasteiger partial charge in [-0.3, -0.25) is 57.4 Å². The molecule has 27 heteroatoms. The molecular formula is C93H81Cl2F6N15O4. The Kier molecular flexibility index (Phi) is 21.5. The van der Waals surface area contributed by atoms with E-state index in [0.717, 1.165) is 163 Å². The Balaban J connectivity index is 0.000000114. The Hall–Kier alpha value is -12.5. The normalized spacial score (nSPS) is 14.2. The summed E-state index contributed by atoms with van der Waals surface area (Å²) in [7, 11) is 12.6. The summed E-state index contributed by atoms with van der Waals surface area (Å²) in [5.74, 6) is 0. The first-order valence-corrected chi connectivity index (χ1v) is 40.2. The minimum Gasteiger partial charge on any atom is -0.347 e. The predicted octanol–water partition coefficient (Wildman–Crippen LogP) is 17.4. The number of nitrogens with one attached hydrogen (secondary N) is 1. The van der Waals surface area contributed by atoms with Gasteiger partial charge < -0.3 is 33.4 Å². The lowest BCUT2D eigenvalue weighted by molar-refractivity contribution is -0.138. The molecule has 19 nitrogen and oxygen atoms in total. The highest BCUT2D eigenvalue weighted by Gasteiger charge is 2.33. The van der Waals surface area contributed by atoms with Gasteiger partial charge >= 0.3 is 12.4 Å². The van der Waals surface area contributed by atoms with Crippen molar-refractivity contribution >= 4 is 66.8 Å². The van der Waals surface area contributed by atoms with E-state index in [1.165, 1.54) is 108 Å². The molecule has 4 aromatic carbocycles. The van der Waals surface area contributed by atoms with E-state index in [1.807, 2.05) is 73.9 Å². The average Bonchev–Trinajstić information content (AvgIpc) is 1.61. The number of pyridine rings is 8. The molecule has 16 aromatic rings. The number of alkyl halides is 6. The molecule has 0 spiro atoms. The zero-order valence-corrected chi connectivity index (χ0v) is 67.9. The van der Waals surface area contributed by atoms with Gasteiger partial charge in [-0.2, -0.15) is 26.3 Å². The van der Waals surface area contributed by atoms with Crippen molar-refractivity contribution in [2.24, 2.45) is 28.2 Å². The van der Waals surface area contributed by atoms with Gasteiger partial charge in [-0.1, -0.05) is 47.5 Å². The summed E-state index contributed by atoms with van der Waals surface area (Å²) in [5, 5.41) is 9.58. The second kappa shape index (κ2) is 32.3. The number of rotatable bonds is 8. The molecule has 608 valence electrons. The lowest BCUT2D eigenvalue weighted by Gasteiger charge is -2.23. The van der Waals surface area contributed by atoms with Crippen LogP contribution in [0.25, 0.3) is 111 Å². The monoisotopic (exact) mass is 1660 g/mol. The Morgan fingerprint density at radius 1 is 0.342 bits per heavy atom. The molecule has 0 saturated carbocycles. The first-order valence-electron chi connectivity index (χ1n) is 39.4. The van der Waals surface area contributed by atoms with Crippen molar-refractivity contribution in [2.75, 3.05) is 33.7 Å². The predicted molar refractivity (Wildman–Crippen MR) is 459 cm³/mol. The molecule has 120 heavy (non-hydrogen) atoms. The van der Waals surface area contributed by atoms with E-state index in [2.05, 4.69) is 125 Å². The highest BCUT2D eigenvalue weighted by molar-refractivity contribution is 6.30. The molecule has 0 amide bonds. The maximum atomic E-state index is 12.8. The zero-order chi connectivity index (χ0) is 83.7. The third-order valence-electron chi connectivity index (χ3n) is 23.6. The number of aryl methyl sites for hydroxylation is 5. The SMILES string of the molecule is CN1CCc2c(n(C)c3cc(-n4ccc(-c5ccc(C(F)(F)F)cn5)cc4=O)ccc23)C1.CN1CCc2c(n(C)c3cc(-n4ccc(-c5ccc(Cl)cn5)cc4=O)ccc23)C1.Cn1c2c(c3ccc(-n4ccc(-c5ccc(C(F)(F)F)cn5)cc4=O)cc31)CCCC2.Cn1c2c(c3ccc(-n4ccc(-c5ccc(Cl)cn5)cc4=O)cc31)CNCC2. The molecule has 4 aliphatic rings. The van der Waals surface area contributed by atoms with E-state index in [0.29, 0.717) is 32.6 Å². The summed E-state index contributed by atoms with van der Waals surface area (Å²) in [6, 6.07) is 49.4. The highest BCUT2D eigenvalue weighted by Crippen LogP contribution is 2.38. The van der Waals surface area contributed by atoms with Crippen LogP contribution in [0.1, 0.15) is 69.0 Å². The summed E-state index contributed by atoms with van der Waals surface area (Å²) >= 11 is 11.8. The van der Waals surface area contributed by atoms with E-state index in [9.17, 15) is 45.5 Å². The minimum absolute atomic E-state index is 0.0858. The number of nitrogens with zero attached hydrogens (tertiary/aromatic N) is 14. The number of halogens is 8. The van der Waals surface area contributed by atoms with Crippen LogP contribution in [0.5, 0.6) is 0 Å². The second-order valence-electron chi connectivity index (χ2n) is 30.9. The van der Waals surface area contributed by atoms with E-state index < -0.39 is 23.5 Å². The van der Waals surface area contributed by atoms with Crippen molar-refractivity contribution in [1.82, 2.24) is 71.6 Å². The molecule has 20 rings (SSSR count). The molecule has 0 radical (unpaired) electrons. The van der Waals surface area contributed by atoms with E-state index in [4.69, 9.17) is 23.2 Å². The molecule has 0 bridgehead atoms. The van der Waals surface area contributed by atoms with Crippen LogP contribution in [0, 0.1) is 0 Å². The first-order chi connectivity index (χ1) is 57.7. The Morgan fingerprint density at radius 3 is 0.983 bits per heavy atom. The van der Waals surface area contributed by atoms with Crippen molar-refractivity contribution in [3.05, 3.63) is 327 Å². The quantitative estimate of drug-likeness (QED) is 0.143. The van der Waals surface area contributed by atoms with Crippen LogP contribution in [0.3, 0.4) is 0 Å². The number of benzene rings is 4. The molecule has 0 atom stereocenters. The molecule has 0 unspecified atom stereocenters. The fourth-order valence-corrected chi connectivity index (χ4v) is 17.4. The van der Waals surface area contributed by atoms with E-state index in [1.54, 1.807) is 81.1 Å². The molecule has 0 fully saturated rings. The Labute approximate surface area is 694 Å². The standard InChI is InChI=1S/C24H21F3N4O.C24H20F3N3O.C23H21ClN4O.C22H19ClN4O/c1-29-9-8-19-18-5-4-17(12-21(18)30(2)22(19)14-29)31-10-7-15(11-23(31)32)20-6-3-16(13-28-20)24(25,26)27;1-29-21-5-3-2-4-18(21)19-8-7-17(13-22(19)29)30-11-10-15(12-23(30)31)20-9-6-16(14-28-20)24(25,26)27;1-26-9-8-19-18-5-4-17(12-21(18)27(2)22(19)14-26)28-10-7-15(11-23(28)29)20-6-3-16(24)13-25-20;1-26-20-6-8-24-13-18(20)17-4-3-16(11-21(17)26)27-9-7-14(10-22(27)28)19-5-2-15(23)12-25-19/h3-7,10-13H,8-9,14H2,1-2H3;6-14H,2-5H2,1H3;3-7,10-13H,8-9,14H2,1-2H3;2-5,7,9-12,24H,6,8,13H2,1H3. The largest absolute Gasteiger partial charge is 0.417 e. The average molecular weight is 1660 g/mol.